The number of morpholine rings is 1. The van der Waals surface area contributed by atoms with Gasteiger partial charge in [-0.2, -0.15) is 17.9 Å². The highest BCUT2D eigenvalue weighted by molar-refractivity contribution is 6.33. The standard InChI is InChI=1S/C24H26ClF3N4O4/c1-30(7-8-31-9-11-35-12-10-31)20-14-21(34-2)17(13-19(20)25)15-32-23(33)36-22(29-32)16-3-5-18(6-4-16)24(26,27)28/h3-6,13-14H,7-12,15H2,1-2H3. The van der Waals surface area contributed by atoms with Crippen molar-refractivity contribution in [2.45, 2.75) is 12.7 Å². The maximum atomic E-state index is 12.8. The Hall–Kier alpha value is -3.02. The molecule has 2 aromatic carbocycles. The van der Waals surface area contributed by atoms with Gasteiger partial charge in [0.2, 0.25) is 5.89 Å². The number of halogens is 4. The third-order valence-electron chi connectivity index (χ3n) is 6.00. The number of nitrogens with zero attached hydrogens (tertiary/aromatic N) is 4. The average Bonchev–Trinajstić information content (AvgIpc) is 3.23. The fourth-order valence-electron chi connectivity index (χ4n) is 3.91. The van der Waals surface area contributed by atoms with E-state index in [4.69, 9.17) is 25.5 Å². The SMILES string of the molecule is COc1cc(N(C)CCN2CCOCC2)c(Cl)cc1Cn1nc(-c2ccc(C(F)(F)F)cc2)oc1=O. The van der Waals surface area contributed by atoms with Gasteiger partial charge in [0, 0.05) is 50.4 Å². The van der Waals surface area contributed by atoms with E-state index in [9.17, 15) is 18.0 Å². The third-order valence-corrected chi connectivity index (χ3v) is 6.30. The fraction of sp³-hybridized carbons (Fsp3) is 0.417. The van der Waals surface area contributed by atoms with E-state index in [1.54, 1.807) is 12.1 Å². The summed E-state index contributed by atoms with van der Waals surface area (Å²) in [6.45, 7) is 4.87. The van der Waals surface area contributed by atoms with Crippen LogP contribution in [-0.4, -0.2) is 68.2 Å². The van der Waals surface area contributed by atoms with Crippen LogP contribution >= 0.6 is 11.6 Å². The lowest BCUT2D eigenvalue weighted by molar-refractivity contribution is -0.137. The Labute approximate surface area is 210 Å². The molecule has 0 unspecified atom stereocenters. The van der Waals surface area contributed by atoms with Crippen LogP contribution in [0.5, 0.6) is 5.75 Å². The van der Waals surface area contributed by atoms with Gasteiger partial charge in [0.1, 0.15) is 5.75 Å². The number of hydrogen-bond donors (Lipinski definition) is 0. The van der Waals surface area contributed by atoms with Crippen LogP contribution in [0.4, 0.5) is 18.9 Å². The smallest absolute Gasteiger partial charge is 0.437 e. The molecule has 1 aliphatic heterocycles. The second kappa shape index (κ2) is 10.9. The van der Waals surface area contributed by atoms with Gasteiger partial charge < -0.3 is 18.8 Å². The van der Waals surface area contributed by atoms with Crippen molar-refractivity contribution in [2.24, 2.45) is 0 Å². The van der Waals surface area contributed by atoms with Gasteiger partial charge in [0.25, 0.3) is 0 Å². The molecule has 0 atom stereocenters. The molecule has 0 amide bonds. The summed E-state index contributed by atoms with van der Waals surface area (Å²) in [6, 6.07) is 7.74. The number of ether oxygens (including phenoxy) is 2. The number of anilines is 1. The molecule has 1 fully saturated rings. The lowest BCUT2D eigenvalue weighted by Gasteiger charge is -2.29. The van der Waals surface area contributed by atoms with Crippen LogP contribution in [0.1, 0.15) is 11.1 Å². The molecule has 0 saturated carbocycles. The Balaban J connectivity index is 1.50. The van der Waals surface area contributed by atoms with Gasteiger partial charge in [-0.3, -0.25) is 4.90 Å². The summed E-state index contributed by atoms with van der Waals surface area (Å²) in [7, 11) is 3.46. The van der Waals surface area contributed by atoms with Crippen molar-refractivity contribution in [3.8, 4) is 17.2 Å². The fourth-order valence-corrected chi connectivity index (χ4v) is 4.24. The van der Waals surface area contributed by atoms with Gasteiger partial charge in [0.05, 0.1) is 43.1 Å². The summed E-state index contributed by atoms with van der Waals surface area (Å²) in [4.78, 5) is 16.8. The maximum absolute atomic E-state index is 12.8. The summed E-state index contributed by atoms with van der Waals surface area (Å²) in [5.41, 5.74) is 0.828. The van der Waals surface area contributed by atoms with E-state index in [0.717, 1.165) is 61.9 Å². The average molecular weight is 527 g/mol. The molecule has 0 N–H and O–H groups in total. The van der Waals surface area contributed by atoms with Crippen molar-refractivity contribution in [1.29, 1.82) is 0 Å². The van der Waals surface area contributed by atoms with E-state index in [2.05, 4.69) is 10.00 Å². The van der Waals surface area contributed by atoms with Gasteiger partial charge in [0.15, 0.2) is 0 Å². The van der Waals surface area contributed by atoms with Crippen molar-refractivity contribution < 1.29 is 27.1 Å². The summed E-state index contributed by atoms with van der Waals surface area (Å²) in [5, 5.41) is 4.62. The molecule has 1 aromatic heterocycles. The number of hydrogen-bond acceptors (Lipinski definition) is 7. The van der Waals surface area contributed by atoms with E-state index in [-0.39, 0.29) is 18.0 Å². The lowest BCUT2D eigenvalue weighted by Crippen LogP contribution is -2.40. The summed E-state index contributed by atoms with van der Waals surface area (Å²) >= 11 is 6.58. The number of benzene rings is 2. The summed E-state index contributed by atoms with van der Waals surface area (Å²) < 4.78 is 55.6. The highest BCUT2D eigenvalue weighted by Gasteiger charge is 2.30. The van der Waals surface area contributed by atoms with Crippen LogP contribution in [0.15, 0.2) is 45.6 Å². The Morgan fingerprint density at radius 3 is 2.50 bits per heavy atom. The van der Waals surface area contributed by atoms with E-state index in [1.165, 1.54) is 19.2 Å². The maximum Gasteiger partial charge on any atom is 0.437 e. The first-order chi connectivity index (χ1) is 17.2. The molecule has 0 spiro atoms. The first-order valence-electron chi connectivity index (χ1n) is 11.3. The minimum Gasteiger partial charge on any atom is -0.496 e. The third kappa shape index (κ3) is 6.03. The van der Waals surface area contributed by atoms with E-state index in [1.807, 2.05) is 11.9 Å². The van der Waals surface area contributed by atoms with Gasteiger partial charge in [-0.25, -0.2) is 4.79 Å². The van der Waals surface area contributed by atoms with Gasteiger partial charge in [-0.05, 0) is 30.3 Å². The topological polar surface area (TPSA) is 73.0 Å². The van der Waals surface area contributed by atoms with Gasteiger partial charge >= 0.3 is 11.9 Å². The molecule has 2 heterocycles. The largest absolute Gasteiger partial charge is 0.496 e. The molecule has 12 heteroatoms. The van der Waals surface area contributed by atoms with Gasteiger partial charge in [-0.15, -0.1) is 5.10 Å². The zero-order valence-corrected chi connectivity index (χ0v) is 20.6. The molecule has 0 bridgehead atoms. The number of methoxy groups -OCH3 is 1. The van der Waals surface area contributed by atoms with Crippen molar-refractivity contribution in [3.05, 3.63) is 63.1 Å². The molecule has 0 radical (unpaired) electrons. The van der Waals surface area contributed by atoms with Crippen molar-refractivity contribution >= 4 is 17.3 Å². The molecule has 8 nitrogen and oxygen atoms in total. The zero-order valence-electron chi connectivity index (χ0n) is 19.8. The predicted molar refractivity (Wildman–Crippen MR) is 129 cm³/mol. The van der Waals surface area contributed by atoms with Gasteiger partial charge in [-0.1, -0.05) is 11.6 Å². The second-order valence-corrected chi connectivity index (χ2v) is 8.80. The number of aromatic nitrogens is 2. The van der Waals surface area contributed by atoms with E-state index in [0.29, 0.717) is 16.3 Å². The Morgan fingerprint density at radius 1 is 1.17 bits per heavy atom. The molecular formula is C24H26ClF3N4O4. The highest BCUT2D eigenvalue weighted by Crippen LogP contribution is 2.34. The number of likely N-dealkylation sites (N-methyl/N-ethyl adjacent to an activating group) is 1. The molecule has 1 saturated heterocycles. The van der Waals surface area contributed by atoms with Crippen LogP contribution in [0.25, 0.3) is 11.5 Å². The molecule has 194 valence electrons. The quantitative estimate of drug-likeness (QED) is 0.439. The normalized spacial score (nSPS) is 14.7. The van der Waals surface area contributed by atoms with Crippen LogP contribution in [0.3, 0.4) is 0 Å². The van der Waals surface area contributed by atoms with Crippen LogP contribution < -0.4 is 15.4 Å². The van der Waals surface area contributed by atoms with Crippen LogP contribution in [0, 0.1) is 0 Å². The van der Waals surface area contributed by atoms with Crippen molar-refractivity contribution in [1.82, 2.24) is 14.7 Å². The number of rotatable bonds is 8. The summed E-state index contributed by atoms with van der Waals surface area (Å²) in [6.07, 6.45) is -4.46. The van der Waals surface area contributed by atoms with E-state index >= 15 is 0 Å². The molecule has 0 aliphatic carbocycles. The highest BCUT2D eigenvalue weighted by atomic mass is 35.5. The molecule has 36 heavy (non-hydrogen) atoms. The lowest BCUT2D eigenvalue weighted by atomic mass is 10.1. The zero-order chi connectivity index (χ0) is 25.9. The predicted octanol–water partition coefficient (Wildman–Crippen LogP) is 4.00. The Bertz CT molecular complexity index is 1240. The molecule has 4 rings (SSSR count). The van der Waals surface area contributed by atoms with Crippen molar-refractivity contribution in [2.75, 3.05) is 58.5 Å². The molecular weight excluding hydrogens is 501 g/mol. The molecule has 3 aromatic rings. The molecule has 1 aliphatic rings. The Kier molecular flexibility index (Phi) is 7.91. The Morgan fingerprint density at radius 2 is 1.86 bits per heavy atom. The second-order valence-electron chi connectivity index (χ2n) is 8.40. The van der Waals surface area contributed by atoms with Crippen LogP contribution in [-0.2, 0) is 17.5 Å². The monoisotopic (exact) mass is 526 g/mol. The minimum atomic E-state index is -4.46. The summed E-state index contributed by atoms with van der Waals surface area (Å²) in [5.74, 6) is -0.327. The van der Waals surface area contributed by atoms with Crippen molar-refractivity contribution in [3.63, 3.8) is 0 Å². The van der Waals surface area contributed by atoms with E-state index < -0.39 is 17.5 Å². The number of alkyl halides is 3. The minimum absolute atomic E-state index is 0.00360. The van der Waals surface area contributed by atoms with Crippen LogP contribution in [0.2, 0.25) is 5.02 Å². The first-order valence-corrected chi connectivity index (χ1v) is 11.7. The first kappa shape index (κ1) is 26.1.